The summed E-state index contributed by atoms with van der Waals surface area (Å²) in [5.41, 5.74) is 4.54. The lowest BCUT2D eigenvalue weighted by Crippen LogP contribution is -2.53. The Morgan fingerprint density at radius 1 is 1.03 bits per heavy atom. The van der Waals surface area contributed by atoms with Crippen molar-refractivity contribution in [3.8, 4) is 11.1 Å². The van der Waals surface area contributed by atoms with Crippen LogP contribution in [0.2, 0.25) is 0 Å². The first kappa shape index (κ1) is 21.9. The molecule has 1 fully saturated rings. The van der Waals surface area contributed by atoms with Gasteiger partial charge in [-0.25, -0.2) is 4.79 Å². The molecule has 1 saturated carbocycles. The standard InChI is InChI=1S/C25H28N2O5/c1-15(24(29)30)13-26-23(28)22(16-7-6-8-16)27-25(31)32-14-21-19-11-4-2-9-17(19)18-10-3-5-12-20(18)21/h2-5,9-12,15-16,21-22H,6-8,13-14H2,1H3,(H,26,28)(H,27,31)(H,29,30). The Morgan fingerprint density at radius 2 is 1.62 bits per heavy atom. The van der Waals surface area contributed by atoms with Crippen molar-refractivity contribution in [3.05, 3.63) is 59.7 Å². The lowest BCUT2D eigenvalue weighted by Gasteiger charge is -2.33. The molecule has 0 radical (unpaired) electrons. The number of rotatable bonds is 8. The van der Waals surface area contributed by atoms with Gasteiger partial charge in [-0.2, -0.15) is 0 Å². The highest BCUT2D eigenvalue weighted by atomic mass is 16.5. The van der Waals surface area contributed by atoms with E-state index >= 15 is 0 Å². The van der Waals surface area contributed by atoms with Crippen molar-refractivity contribution in [2.24, 2.45) is 11.8 Å². The molecule has 2 unspecified atom stereocenters. The highest BCUT2D eigenvalue weighted by Gasteiger charge is 2.35. The van der Waals surface area contributed by atoms with Crippen molar-refractivity contribution in [2.75, 3.05) is 13.2 Å². The SMILES string of the molecule is CC(CNC(=O)C(NC(=O)OCC1c2ccccc2-c2ccccc21)C1CCC1)C(=O)O. The summed E-state index contributed by atoms with van der Waals surface area (Å²) in [6, 6.07) is 15.5. The number of alkyl carbamates (subject to hydrolysis) is 1. The van der Waals surface area contributed by atoms with E-state index in [9.17, 15) is 14.4 Å². The Kier molecular flexibility index (Phi) is 6.44. The second-order valence-corrected chi connectivity index (χ2v) is 8.62. The van der Waals surface area contributed by atoms with E-state index in [1.54, 1.807) is 0 Å². The summed E-state index contributed by atoms with van der Waals surface area (Å²) in [6.45, 7) is 1.72. The van der Waals surface area contributed by atoms with E-state index in [1.807, 2.05) is 24.3 Å². The molecule has 0 saturated heterocycles. The van der Waals surface area contributed by atoms with Crippen molar-refractivity contribution in [1.82, 2.24) is 10.6 Å². The van der Waals surface area contributed by atoms with Gasteiger partial charge in [-0.15, -0.1) is 0 Å². The van der Waals surface area contributed by atoms with Crippen LogP contribution in [0.4, 0.5) is 4.79 Å². The minimum absolute atomic E-state index is 0.0176. The maximum absolute atomic E-state index is 12.7. The Hall–Kier alpha value is -3.35. The quantitative estimate of drug-likeness (QED) is 0.587. The van der Waals surface area contributed by atoms with Crippen LogP contribution in [0, 0.1) is 11.8 Å². The van der Waals surface area contributed by atoms with Crippen LogP contribution in [0.3, 0.4) is 0 Å². The molecule has 0 aromatic heterocycles. The molecule has 2 aliphatic carbocycles. The number of hydrogen-bond donors (Lipinski definition) is 3. The Morgan fingerprint density at radius 3 is 2.16 bits per heavy atom. The molecule has 2 aromatic rings. The molecule has 2 aliphatic rings. The molecule has 0 heterocycles. The van der Waals surface area contributed by atoms with Crippen LogP contribution in [-0.4, -0.2) is 42.3 Å². The number of carbonyl (C=O) groups is 3. The largest absolute Gasteiger partial charge is 0.481 e. The predicted molar refractivity (Wildman–Crippen MR) is 119 cm³/mol. The molecule has 2 atom stereocenters. The molecular weight excluding hydrogens is 408 g/mol. The van der Waals surface area contributed by atoms with Crippen LogP contribution in [0.1, 0.15) is 43.2 Å². The molecule has 4 rings (SSSR count). The summed E-state index contributed by atoms with van der Waals surface area (Å²) in [7, 11) is 0. The summed E-state index contributed by atoms with van der Waals surface area (Å²) in [6.07, 6.45) is 2.06. The van der Waals surface area contributed by atoms with Crippen LogP contribution in [0.25, 0.3) is 11.1 Å². The number of carboxylic acids is 1. The van der Waals surface area contributed by atoms with Gasteiger partial charge in [-0.05, 0) is 41.0 Å². The smallest absolute Gasteiger partial charge is 0.407 e. The highest BCUT2D eigenvalue weighted by Crippen LogP contribution is 2.44. The third-order valence-corrected chi connectivity index (χ3v) is 6.52. The van der Waals surface area contributed by atoms with E-state index in [2.05, 4.69) is 34.9 Å². The number of carbonyl (C=O) groups excluding carboxylic acids is 2. The number of carboxylic acid groups (broad SMARTS) is 1. The molecule has 168 valence electrons. The van der Waals surface area contributed by atoms with Gasteiger partial charge in [0, 0.05) is 12.5 Å². The lowest BCUT2D eigenvalue weighted by molar-refractivity contribution is -0.141. The Bertz CT molecular complexity index is 971. The maximum Gasteiger partial charge on any atom is 0.407 e. The van der Waals surface area contributed by atoms with Gasteiger partial charge >= 0.3 is 12.1 Å². The zero-order valence-electron chi connectivity index (χ0n) is 18.0. The minimum Gasteiger partial charge on any atom is -0.481 e. The van der Waals surface area contributed by atoms with Crippen molar-refractivity contribution < 1.29 is 24.2 Å². The van der Waals surface area contributed by atoms with Crippen molar-refractivity contribution in [2.45, 2.75) is 38.1 Å². The van der Waals surface area contributed by atoms with E-state index in [1.165, 1.54) is 6.92 Å². The number of hydrogen-bond acceptors (Lipinski definition) is 4. The number of nitrogens with one attached hydrogen (secondary N) is 2. The lowest BCUT2D eigenvalue weighted by atomic mass is 9.79. The van der Waals surface area contributed by atoms with Crippen LogP contribution < -0.4 is 10.6 Å². The summed E-state index contributed by atoms with van der Waals surface area (Å²) in [5.74, 6) is -2.06. The van der Waals surface area contributed by atoms with Crippen molar-refractivity contribution in [1.29, 1.82) is 0 Å². The number of ether oxygens (including phenoxy) is 1. The van der Waals surface area contributed by atoms with Crippen LogP contribution in [-0.2, 0) is 14.3 Å². The van der Waals surface area contributed by atoms with E-state index in [-0.39, 0.29) is 30.9 Å². The first-order valence-electron chi connectivity index (χ1n) is 11.1. The summed E-state index contributed by atoms with van der Waals surface area (Å²) in [5, 5.41) is 14.4. The second kappa shape index (κ2) is 9.42. The van der Waals surface area contributed by atoms with Crippen LogP contribution in [0.15, 0.2) is 48.5 Å². The van der Waals surface area contributed by atoms with Gasteiger partial charge in [0.15, 0.2) is 0 Å². The fraction of sp³-hybridized carbons (Fsp3) is 0.400. The van der Waals surface area contributed by atoms with Gasteiger partial charge in [-0.1, -0.05) is 61.9 Å². The first-order valence-corrected chi connectivity index (χ1v) is 11.1. The number of benzene rings is 2. The van der Waals surface area contributed by atoms with Crippen molar-refractivity contribution >= 4 is 18.0 Å². The fourth-order valence-electron chi connectivity index (χ4n) is 4.39. The monoisotopic (exact) mass is 436 g/mol. The summed E-state index contributed by atoms with van der Waals surface area (Å²) in [4.78, 5) is 36.3. The normalized spacial score (nSPS) is 16.8. The first-order chi connectivity index (χ1) is 15.5. The number of fused-ring (bicyclic) bond motifs is 3. The molecule has 0 bridgehead atoms. The molecule has 2 aromatic carbocycles. The van der Waals surface area contributed by atoms with Gasteiger partial charge in [0.05, 0.1) is 5.92 Å². The zero-order valence-corrected chi connectivity index (χ0v) is 18.0. The molecule has 7 nitrogen and oxygen atoms in total. The predicted octanol–water partition coefficient (Wildman–Crippen LogP) is 3.53. The average molecular weight is 437 g/mol. The maximum atomic E-state index is 12.7. The molecule has 32 heavy (non-hydrogen) atoms. The third kappa shape index (κ3) is 4.47. The van der Waals surface area contributed by atoms with E-state index < -0.39 is 24.0 Å². The summed E-state index contributed by atoms with van der Waals surface area (Å²) >= 11 is 0. The second-order valence-electron chi connectivity index (χ2n) is 8.62. The fourth-order valence-corrected chi connectivity index (χ4v) is 4.39. The van der Waals surface area contributed by atoms with Gasteiger partial charge in [0.25, 0.3) is 0 Å². The molecule has 3 N–H and O–H groups in total. The van der Waals surface area contributed by atoms with Crippen molar-refractivity contribution in [3.63, 3.8) is 0 Å². The highest BCUT2D eigenvalue weighted by molar-refractivity contribution is 5.86. The van der Waals surface area contributed by atoms with E-state index in [0.29, 0.717) is 0 Å². The average Bonchev–Trinajstić information content (AvgIpc) is 3.08. The van der Waals surface area contributed by atoms with Gasteiger partial charge < -0.3 is 20.5 Å². The van der Waals surface area contributed by atoms with Gasteiger partial charge in [-0.3, -0.25) is 9.59 Å². The van der Waals surface area contributed by atoms with Gasteiger partial charge in [0.2, 0.25) is 5.91 Å². The summed E-state index contributed by atoms with van der Waals surface area (Å²) < 4.78 is 5.58. The molecule has 2 amide bonds. The van der Waals surface area contributed by atoms with E-state index in [0.717, 1.165) is 41.5 Å². The Labute approximate surface area is 187 Å². The number of amides is 2. The van der Waals surface area contributed by atoms with E-state index in [4.69, 9.17) is 9.84 Å². The molecule has 0 aliphatic heterocycles. The Balaban J connectivity index is 1.39. The minimum atomic E-state index is -0.977. The zero-order chi connectivity index (χ0) is 22.7. The van der Waals surface area contributed by atoms with Crippen LogP contribution in [0.5, 0.6) is 0 Å². The topological polar surface area (TPSA) is 105 Å². The molecular formula is C25H28N2O5. The van der Waals surface area contributed by atoms with Gasteiger partial charge in [0.1, 0.15) is 12.6 Å². The number of aliphatic carboxylic acids is 1. The molecule has 7 heteroatoms. The third-order valence-electron chi connectivity index (χ3n) is 6.52. The molecule has 0 spiro atoms. The van der Waals surface area contributed by atoms with Crippen LogP contribution >= 0.6 is 0 Å².